The number of thiazole rings is 1. The van der Waals surface area contributed by atoms with Crippen LogP contribution in [0, 0.1) is 5.92 Å². The summed E-state index contributed by atoms with van der Waals surface area (Å²) in [5.74, 6) is 0.695. The summed E-state index contributed by atoms with van der Waals surface area (Å²) in [7, 11) is 1.81. The first-order valence-corrected chi connectivity index (χ1v) is 8.23. The quantitative estimate of drug-likeness (QED) is 0.943. The molecule has 2 heterocycles. The van der Waals surface area contributed by atoms with Crippen LogP contribution in [0.5, 0.6) is 0 Å². The van der Waals surface area contributed by atoms with Crippen molar-refractivity contribution in [3.05, 3.63) is 23.5 Å². The fourth-order valence-corrected chi connectivity index (χ4v) is 4.22. The molecule has 0 radical (unpaired) electrons. The molecular weight excluding hydrogens is 270 g/mol. The van der Waals surface area contributed by atoms with Crippen molar-refractivity contribution in [2.24, 2.45) is 11.7 Å². The Morgan fingerprint density at radius 3 is 3.20 bits per heavy atom. The summed E-state index contributed by atoms with van der Waals surface area (Å²) < 4.78 is 7.95. The fraction of sp³-hybridized carbons (Fsp3) is 0.667. The highest BCUT2D eigenvalue weighted by molar-refractivity contribution is 7.15. The normalized spacial score (nSPS) is 28.9. The average Bonchev–Trinajstić information content (AvgIpc) is 2.99. The summed E-state index contributed by atoms with van der Waals surface area (Å²) in [6, 6.07) is 0.0138. The lowest BCUT2D eigenvalue weighted by Crippen LogP contribution is -2.53. The van der Waals surface area contributed by atoms with Gasteiger partial charge in [0.2, 0.25) is 0 Å². The van der Waals surface area contributed by atoms with E-state index in [1.54, 1.807) is 11.3 Å². The van der Waals surface area contributed by atoms with Crippen LogP contribution in [0.2, 0.25) is 0 Å². The summed E-state index contributed by atoms with van der Waals surface area (Å²) in [4.78, 5) is 5.68. The second kappa shape index (κ2) is 5.47. The molecular formula is C15H23N3OS. The Bertz CT molecular complexity index is 550. The maximum absolute atomic E-state index is 6.51. The van der Waals surface area contributed by atoms with Crippen molar-refractivity contribution >= 4 is 16.3 Å². The molecule has 1 saturated carbocycles. The number of hydrogen-bond donors (Lipinski definition) is 1. The molecule has 1 aliphatic rings. The molecule has 20 heavy (non-hydrogen) atoms. The predicted octanol–water partition coefficient (Wildman–Crippen LogP) is 2.86. The Hall–Kier alpha value is -0.910. The van der Waals surface area contributed by atoms with Crippen molar-refractivity contribution in [3.8, 4) is 0 Å². The number of rotatable bonds is 4. The molecule has 0 aliphatic heterocycles. The number of nitrogens with zero attached hydrogens (tertiary/aromatic N) is 2. The van der Waals surface area contributed by atoms with Crippen molar-refractivity contribution in [1.29, 1.82) is 0 Å². The molecule has 2 aromatic heterocycles. The molecule has 1 fully saturated rings. The molecule has 3 unspecified atom stereocenters. The lowest BCUT2D eigenvalue weighted by molar-refractivity contribution is -0.0706. The highest BCUT2D eigenvalue weighted by Crippen LogP contribution is 2.37. The van der Waals surface area contributed by atoms with Gasteiger partial charge >= 0.3 is 0 Å². The minimum absolute atomic E-state index is 0.0138. The lowest BCUT2D eigenvalue weighted by atomic mass is 9.74. The first-order valence-electron chi connectivity index (χ1n) is 7.35. The molecule has 4 nitrogen and oxygen atoms in total. The number of ether oxygens (including phenoxy) is 1. The monoisotopic (exact) mass is 293 g/mol. The first kappa shape index (κ1) is 14.0. The summed E-state index contributed by atoms with van der Waals surface area (Å²) in [5, 5.41) is 2.05. The molecule has 3 atom stereocenters. The van der Waals surface area contributed by atoms with Crippen LogP contribution in [-0.2, 0) is 11.2 Å². The zero-order chi connectivity index (χ0) is 14.2. The maximum Gasteiger partial charge on any atom is 0.193 e. The third-order valence-electron chi connectivity index (χ3n) is 4.65. The average molecular weight is 293 g/mol. The van der Waals surface area contributed by atoms with Gasteiger partial charge in [-0.25, -0.2) is 4.98 Å². The highest BCUT2D eigenvalue weighted by Gasteiger charge is 2.40. The van der Waals surface area contributed by atoms with Crippen LogP contribution in [0.1, 0.15) is 38.3 Å². The Balaban J connectivity index is 1.76. The predicted molar refractivity (Wildman–Crippen MR) is 82.1 cm³/mol. The van der Waals surface area contributed by atoms with Crippen LogP contribution in [0.25, 0.3) is 4.96 Å². The second-order valence-corrected chi connectivity index (χ2v) is 6.98. The number of fused-ring (bicyclic) bond motifs is 1. The van der Waals surface area contributed by atoms with E-state index in [1.807, 2.05) is 18.7 Å². The zero-order valence-electron chi connectivity index (χ0n) is 12.2. The van der Waals surface area contributed by atoms with Crippen LogP contribution in [0.3, 0.4) is 0 Å². The number of aromatic nitrogens is 2. The van der Waals surface area contributed by atoms with Crippen molar-refractivity contribution < 1.29 is 4.74 Å². The molecule has 0 amide bonds. The number of imidazole rings is 1. The third kappa shape index (κ3) is 2.50. The number of methoxy groups -OCH3 is 1. The second-order valence-electron chi connectivity index (χ2n) is 6.11. The highest BCUT2D eigenvalue weighted by atomic mass is 32.1. The van der Waals surface area contributed by atoms with Gasteiger partial charge in [0.1, 0.15) is 0 Å². The summed E-state index contributed by atoms with van der Waals surface area (Å²) in [5.41, 5.74) is 7.40. The van der Waals surface area contributed by atoms with Gasteiger partial charge in [-0.2, -0.15) is 0 Å². The Morgan fingerprint density at radius 1 is 1.65 bits per heavy atom. The summed E-state index contributed by atoms with van der Waals surface area (Å²) >= 11 is 1.66. The fourth-order valence-electron chi connectivity index (χ4n) is 3.50. The standard InChI is InChI=1S/C15H23N3OS/c1-11-4-3-5-15(9-11,19-2)13(16)8-12-10-18-6-7-20-14(18)17-12/h6-7,10-11,13H,3-5,8-9,16H2,1-2H3. The Labute approximate surface area is 124 Å². The maximum atomic E-state index is 6.51. The molecule has 0 bridgehead atoms. The van der Waals surface area contributed by atoms with Gasteiger partial charge in [0, 0.05) is 37.3 Å². The zero-order valence-corrected chi connectivity index (χ0v) is 13.0. The van der Waals surface area contributed by atoms with Gasteiger partial charge in [0.25, 0.3) is 0 Å². The molecule has 0 aromatic carbocycles. The topological polar surface area (TPSA) is 52.5 Å². The smallest absolute Gasteiger partial charge is 0.193 e. The third-order valence-corrected chi connectivity index (χ3v) is 5.42. The van der Waals surface area contributed by atoms with Crippen molar-refractivity contribution in [2.45, 2.75) is 50.7 Å². The molecule has 3 rings (SSSR count). The van der Waals surface area contributed by atoms with Gasteiger partial charge in [-0.05, 0) is 18.8 Å². The minimum atomic E-state index is -0.172. The van der Waals surface area contributed by atoms with Crippen LogP contribution >= 0.6 is 11.3 Å². The largest absolute Gasteiger partial charge is 0.377 e. The van der Waals surface area contributed by atoms with E-state index in [2.05, 4.69) is 22.5 Å². The van der Waals surface area contributed by atoms with Crippen molar-refractivity contribution in [2.75, 3.05) is 7.11 Å². The van der Waals surface area contributed by atoms with E-state index in [4.69, 9.17) is 10.5 Å². The molecule has 2 aromatic rings. The summed E-state index contributed by atoms with van der Waals surface area (Å²) in [6.07, 6.45) is 9.54. The van der Waals surface area contributed by atoms with E-state index in [0.29, 0.717) is 5.92 Å². The molecule has 0 spiro atoms. The van der Waals surface area contributed by atoms with E-state index in [0.717, 1.165) is 29.9 Å². The van der Waals surface area contributed by atoms with Crippen LogP contribution in [-0.4, -0.2) is 28.1 Å². The van der Waals surface area contributed by atoms with E-state index in [9.17, 15) is 0 Å². The van der Waals surface area contributed by atoms with E-state index >= 15 is 0 Å². The van der Waals surface area contributed by atoms with Crippen molar-refractivity contribution in [1.82, 2.24) is 9.38 Å². The molecule has 110 valence electrons. The van der Waals surface area contributed by atoms with Gasteiger partial charge in [0.15, 0.2) is 4.96 Å². The van der Waals surface area contributed by atoms with Gasteiger partial charge < -0.3 is 10.5 Å². The van der Waals surface area contributed by atoms with Gasteiger partial charge in [-0.15, -0.1) is 11.3 Å². The van der Waals surface area contributed by atoms with Crippen LogP contribution in [0.4, 0.5) is 0 Å². The van der Waals surface area contributed by atoms with Crippen LogP contribution < -0.4 is 5.73 Å². The lowest BCUT2D eigenvalue weighted by Gasteiger charge is -2.43. The van der Waals surface area contributed by atoms with Crippen molar-refractivity contribution in [3.63, 3.8) is 0 Å². The Morgan fingerprint density at radius 2 is 2.50 bits per heavy atom. The van der Waals surface area contributed by atoms with Gasteiger partial charge in [0.05, 0.1) is 11.3 Å². The number of hydrogen-bond acceptors (Lipinski definition) is 4. The molecule has 1 aliphatic carbocycles. The molecule has 2 N–H and O–H groups in total. The van der Waals surface area contributed by atoms with Gasteiger partial charge in [-0.1, -0.05) is 19.8 Å². The minimum Gasteiger partial charge on any atom is -0.377 e. The van der Waals surface area contributed by atoms with E-state index in [-0.39, 0.29) is 11.6 Å². The SMILES string of the molecule is COC1(C(N)Cc2cn3ccsc3n2)CCCC(C)C1. The molecule has 5 heteroatoms. The number of nitrogens with two attached hydrogens (primary N) is 1. The summed E-state index contributed by atoms with van der Waals surface area (Å²) in [6.45, 7) is 2.30. The molecule has 0 saturated heterocycles. The van der Waals surface area contributed by atoms with Gasteiger partial charge in [-0.3, -0.25) is 4.40 Å². The van der Waals surface area contributed by atoms with E-state index < -0.39 is 0 Å². The van der Waals surface area contributed by atoms with Crippen LogP contribution in [0.15, 0.2) is 17.8 Å². The first-order chi connectivity index (χ1) is 9.63. The Kier molecular flexibility index (Phi) is 3.84. The van der Waals surface area contributed by atoms with E-state index in [1.165, 1.54) is 12.8 Å².